The first kappa shape index (κ1) is 24.0. The van der Waals surface area contributed by atoms with Gasteiger partial charge in [0.2, 0.25) is 0 Å². The summed E-state index contributed by atoms with van der Waals surface area (Å²) >= 11 is 1.19. The van der Waals surface area contributed by atoms with Crippen LogP contribution in [0.25, 0.3) is 17.4 Å². The molecule has 0 radical (unpaired) electrons. The third-order valence-corrected chi connectivity index (χ3v) is 6.57. The van der Waals surface area contributed by atoms with Crippen molar-refractivity contribution >= 4 is 46.3 Å². The van der Waals surface area contributed by atoms with E-state index in [0.717, 1.165) is 5.56 Å². The lowest BCUT2D eigenvalue weighted by Gasteiger charge is -2.11. The highest BCUT2D eigenvalue weighted by Crippen LogP contribution is 2.36. The Bertz CT molecular complexity index is 1410. The number of hydrogen-bond donors (Lipinski definition) is 1. The van der Waals surface area contributed by atoms with Crippen molar-refractivity contribution in [2.45, 2.75) is 20.8 Å². The molecule has 1 aliphatic rings. The molecule has 10 heteroatoms. The van der Waals surface area contributed by atoms with E-state index in [-0.39, 0.29) is 17.2 Å². The zero-order valence-electron chi connectivity index (χ0n) is 19.1. The van der Waals surface area contributed by atoms with Crippen LogP contribution < -0.4 is 0 Å². The zero-order chi connectivity index (χ0) is 25.3. The van der Waals surface area contributed by atoms with Crippen molar-refractivity contribution in [1.29, 1.82) is 0 Å². The van der Waals surface area contributed by atoms with Crippen LogP contribution in [0.1, 0.15) is 34.2 Å². The van der Waals surface area contributed by atoms with E-state index < -0.39 is 10.9 Å². The molecule has 0 spiro atoms. The molecule has 1 amide bonds. The first-order valence-electron chi connectivity index (χ1n) is 10.7. The molecule has 2 heterocycles. The van der Waals surface area contributed by atoms with Crippen molar-refractivity contribution < 1.29 is 24.0 Å². The summed E-state index contributed by atoms with van der Waals surface area (Å²) in [6.07, 6.45) is 1.62. The smallest absolute Gasteiger partial charge is 0.335 e. The van der Waals surface area contributed by atoms with E-state index in [1.165, 1.54) is 34.9 Å². The van der Waals surface area contributed by atoms with Crippen molar-refractivity contribution in [1.82, 2.24) is 4.90 Å². The third-order valence-electron chi connectivity index (χ3n) is 5.56. The van der Waals surface area contributed by atoms with Crippen LogP contribution >= 0.6 is 11.8 Å². The number of carbonyl (C=O) groups is 2. The first-order chi connectivity index (χ1) is 16.7. The zero-order valence-corrected chi connectivity index (χ0v) is 20.0. The van der Waals surface area contributed by atoms with Crippen molar-refractivity contribution in [3.63, 3.8) is 0 Å². The quantitative estimate of drug-likeness (QED) is 0.262. The van der Waals surface area contributed by atoms with E-state index in [1.807, 2.05) is 13.0 Å². The number of aliphatic imine (C=N–C) groups is 1. The van der Waals surface area contributed by atoms with Crippen LogP contribution in [0.15, 0.2) is 62.8 Å². The summed E-state index contributed by atoms with van der Waals surface area (Å²) in [7, 11) is 0. The molecule has 1 aromatic heterocycles. The molecule has 0 aliphatic carbocycles. The summed E-state index contributed by atoms with van der Waals surface area (Å²) in [6.45, 7) is 5.76. The van der Waals surface area contributed by atoms with Gasteiger partial charge in [-0.25, -0.2) is 9.79 Å². The second kappa shape index (κ2) is 9.59. The van der Waals surface area contributed by atoms with Gasteiger partial charge in [0.15, 0.2) is 5.17 Å². The van der Waals surface area contributed by atoms with Gasteiger partial charge in [-0.05, 0) is 80.6 Å². The maximum Gasteiger partial charge on any atom is 0.335 e. The fourth-order valence-corrected chi connectivity index (χ4v) is 4.59. The average Bonchev–Trinajstić information content (AvgIpc) is 3.40. The Morgan fingerprint density at radius 1 is 1.20 bits per heavy atom. The lowest BCUT2D eigenvalue weighted by atomic mass is 10.0. The van der Waals surface area contributed by atoms with Crippen molar-refractivity contribution in [2.24, 2.45) is 4.99 Å². The highest BCUT2D eigenvalue weighted by atomic mass is 32.2. The fraction of sp³-hybridized carbons (Fsp3) is 0.160. The number of furan rings is 1. The van der Waals surface area contributed by atoms with E-state index in [2.05, 4.69) is 4.99 Å². The second-order valence-electron chi connectivity index (χ2n) is 7.80. The molecule has 3 aromatic rings. The largest absolute Gasteiger partial charge is 0.478 e. The van der Waals surface area contributed by atoms with Gasteiger partial charge in [-0.15, -0.1) is 0 Å². The van der Waals surface area contributed by atoms with Gasteiger partial charge >= 0.3 is 5.97 Å². The van der Waals surface area contributed by atoms with Crippen LogP contribution in [-0.4, -0.2) is 38.5 Å². The normalized spacial score (nSPS) is 15.9. The van der Waals surface area contributed by atoms with E-state index in [1.54, 1.807) is 44.2 Å². The monoisotopic (exact) mass is 491 g/mol. The number of nitro benzene ring substituents is 1. The maximum absolute atomic E-state index is 12.9. The molecule has 0 saturated carbocycles. The Morgan fingerprint density at radius 2 is 1.91 bits per heavy atom. The Labute approximate surface area is 204 Å². The number of amidine groups is 1. The Hall–Kier alpha value is -4.18. The van der Waals surface area contributed by atoms with Gasteiger partial charge in [0.05, 0.1) is 21.1 Å². The van der Waals surface area contributed by atoms with Crippen LogP contribution in [0.5, 0.6) is 0 Å². The van der Waals surface area contributed by atoms with Gasteiger partial charge in [-0.1, -0.05) is 0 Å². The summed E-state index contributed by atoms with van der Waals surface area (Å²) in [5, 5.41) is 20.9. The highest BCUT2D eigenvalue weighted by Gasteiger charge is 2.32. The summed E-state index contributed by atoms with van der Waals surface area (Å²) in [5.41, 5.74) is 2.67. The number of nitrogens with zero attached hydrogens (tertiary/aromatic N) is 3. The number of thioether (sulfide) groups is 1. The predicted molar refractivity (Wildman–Crippen MR) is 134 cm³/mol. The maximum atomic E-state index is 12.9. The minimum Gasteiger partial charge on any atom is -0.478 e. The van der Waals surface area contributed by atoms with E-state index >= 15 is 0 Å². The number of nitro groups is 1. The third kappa shape index (κ3) is 4.87. The predicted octanol–water partition coefficient (Wildman–Crippen LogP) is 5.79. The summed E-state index contributed by atoms with van der Waals surface area (Å²) < 4.78 is 5.89. The second-order valence-corrected chi connectivity index (χ2v) is 8.81. The van der Waals surface area contributed by atoms with E-state index in [4.69, 9.17) is 9.52 Å². The number of amides is 1. The van der Waals surface area contributed by atoms with Crippen molar-refractivity contribution in [3.8, 4) is 11.3 Å². The van der Waals surface area contributed by atoms with Crippen LogP contribution in [0.3, 0.4) is 0 Å². The fourth-order valence-electron chi connectivity index (χ4n) is 3.55. The number of carboxylic acids is 1. The minimum atomic E-state index is -1.02. The summed E-state index contributed by atoms with van der Waals surface area (Å²) in [4.78, 5) is 41.4. The van der Waals surface area contributed by atoms with Gasteiger partial charge in [0.1, 0.15) is 11.5 Å². The number of aryl methyl sites for hydroxylation is 1. The molecule has 0 bridgehead atoms. The van der Waals surface area contributed by atoms with Crippen LogP contribution in [0, 0.1) is 24.0 Å². The number of aromatic carboxylic acids is 1. The molecule has 1 N–H and O–H groups in total. The number of benzene rings is 2. The molecule has 4 rings (SSSR count). The topological polar surface area (TPSA) is 126 Å². The summed E-state index contributed by atoms with van der Waals surface area (Å²) in [5.74, 6) is -0.362. The van der Waals surface area contributed by atoms with E-state index in [0.29, 0.717) is 45.0 Å². The molecule has 35 heavy (non-hydrogen) atoms. The SMILES string of the molecule is CCN1C(=O)/C(=C\c2ccc(-c3cc(C)c(C)c([N+](=O)[O-])c3)o2)SC1=Nc1ccc(C(=O)O)cc1. The van der Waals surface area contributed by atoms with Crippen molar-refractivity contribution in [2.75, 3.05) is 6.54 Å². The molecule has 178 valence electrons. The molecule has 0 atom stereocenters. The van der Waals surface area contributed by atoms with Gasteiger partial charge in [0, 0.05) is 29.8 Å². The lowest BCUT2D eigenvalue weighted by Crippen LogP contribution is -2.28. The van der Waals surface area contributed by atoms with Gasteiger partial charge in [-0.2, -0.15) is 0 Å². The van der Waals surface area contributed by atoms with Crippen molar-refractivity contribution in [3.05, 3.63) is 86.0 Å². The minimum absolute atomic E-state index is 0.0219. The number of hydrogen-bond acceptors (Lipinski definition) is 7. The molecule has 1 aliphatic heterocycles. The Balaban J connectivity index is 1.62. The van der Waals surface area contributed by atoms with Crippen LogP contribution in [0.4, 0.5) is 11.4 Å². The van der Waals surface area contributed by atoms with Gasteiger partial charge in [0.25, 0.3) is 11.6 Å². The van der Waals surface area contributed by atoms with Gasteiger partial charge < -0.3 is 9.52 Å². The van der Waals surface area contributed by atoms with Crippen LogP contribution in [-0.2, 0) is 4.79 Å². The molecule has 1 fully saturated rings. The number of carboxylic acid groups (broad SMARTS) is 1. The first-order valence-corrected chi connectivity index (χ1v) is 11.5. The molecular formula is C25H21N3O6S. The Kier molecular flexibility index (Phi) is 6.57. The van der Waals surface area contributed by atoms with Gasteiger partial charge in [-0.3, -0.25) is 19.8 Å². The molecular weight excluding hydrogens is 470 g/mol. The number of likely N-dealkylation sites (N-methyl/N-ethyl adjacent to an activating group) is 1. The molecule has 1 saturated heterocycles. The number of carbonyl (C=O) groups excluding carboxylic acids is 1. The number of rotatable bonds is 6. The molecule has 2 aromatic carbocycles. The van der Waals surface area contributed by atoms with E-state index in [9.17, 15) is 19.7 Å². The molecule has 0 unspecified atom stereocenters. The highest BCUT2D eigenvalue weighted by molar-refractivity contribution is 8.18. The average molecular weight is 492 g/mol. The van der Waals surface area contributed by atoms with Crippen LogP contribution in [0.2, 0.25) is 0 Å². The molecule has 9 nitrogen and oxygen atoms in total. The Morgan fingerprint density at radius 3 is 2.54 bits per heavy atom. The lowest BCUT2D eigenvalue weighted by molar-refractivity contribution is -0.385. The summed E-state index contributed by atoms with van der Waals surface area (Å²) in [6, 6.07) is 12.8. The standard InChI is InChI=1S/C25H21N3O6S/c1-4-27-23(29)22(35-25(27)26-18-7-5-16(6-8-18)24(30)31)13-19-9-10-21(34-19)17-11-14(2)15(3)20(12-17)28(32)33/h5-13H,4H2,1-3H3,(H,30,31)/b22-13+,26-25?.